The molecular formula is C17H21ClN2O2S. The highest BCUT2D eigenvalue weighted by molar-refractivity contribution is 7.92. The standard InChI is InChI=1S/C17H21ClN2O2S/c1-3-4-12-23(21,22)20-15-10-8-14(9-11-15)19-17-7-5-6-16(18)13(17)2/h5-11,19-20H,3-4,12H2,1-2H3. The Labute approximate surface area is 142 Å². The number of anilines is 3. The van der Waals surface area contributed by atoms with Crippen molar-refractivity contribution in [1.29, 1.82) is 0 Å². The molecule has 0 spiro atoms. The van der Waals surface area contributed by atoms with Crippen molar-refractivity contribution >= 4 is 38.7 Å². The summed E-state index contributed by atoms with van der Waals surface area (Å²) in [5.41, 5.74) is 3.33. The normalized spacial score (nSPS) is 11.3. The molecule has 0 aliphatic heterocycles. The van der Waals surface area contributed by atoms with Crippen molar-refractivity contribution < 1.29 is 8.42 Å². The number of rotatable bonds is 7. The molecule has 0 aliphatic rings. The lowest BCUT2D eigenvalue weighted by molar-refractivity contribution is 0.598. The van der Waals surface area contributed by atoms with Gasteiger partial charge in [0.25, 0.3) is 0 Å². The molecular weight excluding hydrogens is 332 g/mol. The van der Waals surface area contributed by atoms with Crippen molar-refractivity contribution in [2.75, 3.05) is 15.8 Å². The van der Waals surface area contributed by atoms with Gasteiger partial charge in [0.15, 0.2) is 0 Å². The van der Waals surface area contributed by atoms with Gasteiger partial charge in [-0.05, 0) is 55.3 Å². The predicted octanol–water partition coefficient (Wildman–Crippen LogP) is 4.93. The zero-order chi connectivity index (χ0) is 16.9. The average Bonchev–Trinajstić information content (AvgIpc) is 2.51. The van der Waals surface area contributed by atoms with Gasteiger partial charge in [0.1, 0.15) is 0 Å². The summed E-state index contributed by atoms with van der Waals surface area (Å²) in [5.74, 6) is 0.144. The maximum absolute atomic E-state index is 11.9. The van der Waals surface area contributed by atoms with Crippen LogP contribution in [-0.2, 0) is 10.0 Å². The van der Waals surface area contributed by atoms with Crippen LogP contribution in [0.15, 0.2) is 42.5 Å². The minimum absolute atomic E-state index is 0.144. The Bertz CT molecular complexity index is 759. The third-order valence-electron chi connectivity index (χ3n) is 3.47. The van der Waals surface area contributed by atoms with Crippen molar-refractivity contribution in [3.05, 3.63) is 53.1 Å². The van der Waals surface area contributed by atoms with E-state index in [1.165, 1.54) is 0 Å². The van der Waals surface area contributed by atoms with E-state index in [1.807, 2.05) is 44.2 Å². The highest BCUT2D eigenvalue weighted by Crippen LogP contribution is 2.26. The fourth-order valence-electron chi connectivity index (χ4n) is 2.08. The highest BCUT2D eigenvalue weighted by atomic mass is 35.5. The van der Waals surface area contributed by atoms with Crippen LogP contribution in [0.5, 0.6) is 0 Å². The van der Waals surface area contributed by atoms with Crippen LogP contribution in [0.1, 0.15) is 25.3 Å². The van der Waals surface area contributed by atoms with Gasteiger partial charge in [-0.15, -0.1) is 0 Å². The first kappa shape index (κ1) is 17.6. The summed E-state index contributed by atoms with van der Waals surface area (Å²) in [6.07, 6.45) is 1.51. The summed E-state index contributed by atoms with van der Waals surface area (Å²) in [5, 5.41) is 3.98. The van der Waals surface area contributed by atoms with E-state index < -0.39 is 10.0 Å². The molecule has 0 bridgehead atoms. The minimum atomic E-state index is -3.27. The van der Waals surface area contributed by atoms with Gasteiger partial charge < -0.3 is 5.32 Å². The van der Waals surface area contributed by atoms with Crippen LogP contribution in [-0.4, -0.2) is 14.2 Å². The molecule has 0 aromatic heterocycles. The van der Waals surface area contributed by atoms with Crippen molar-refractivity contribution in [2.24, 2.45) is 0 Å². The lowest BCUT2D eigenvalue weighted by atomic mass is 10.2. The molecule has 0 unspecified atom stereocenters. The fourth-order valence-corrected chi connectivity index (χ4v) is 3.53. The van der Waals surface area contributed by atoms with Crippen molar-refractivity contribution in [3.63, 3.8) is 0 Å². The quantitative estimate of drug-likeness (QED) is 0.742. The zero-order valence-corrected chi connectivity index (χ0v) is 14.8. The first-order chi connectivity index (χ1) is 10.9. The Morgan fingerprint density at radius 2 is 1.70 bits per heavy atom. The number of hydrogen-bond acceptors (Lipinski definition) is 3. The average molecular weight is 353 g/mol. The molecule has 0 atom stereocenters. The van der Waals surface area contributed by atoms with Crippen LogP contribution in [0.2, 0.25) is 5.02 Å². The second-order valence-corrected chi connectivity index (χ2v) is 7.64. The molecule has 6 heteroatoms. The Balaban J connectivity index is 2.06. The summed E-state index contributed by atoms with van der Waals surface area (Å²) in [6.45, 7) is 3.91. The predicted molar refractivity (Wildman–Crippen MR) is 98.2 cm³/mol. The van der Waals surface area contributed by atoms with Crippen LogP contribution in [0.3, 0.4) is 0 Å². The van der Waals surface area contributed by atoms with Crippen LogP contribution in [0.25, 0.3) is 0 Å². The van der Waals surface area contributed by atoms with Gasteiger partial charge in [-0.3, -0.25) is 4.72 Å². The molecule has 124 valence electrons. The fraction of sp³-hybridized carbons (Fsp3) is 0.294. The van der Waals surface area contributed by atoms with E-state index in [2.05, 4.69) is 10.0 Å². The molecule has 2 aromatic carbocycles. The largest absolute Gasteiger partial charge is 0.355 e. The molecule has 0 fully saturated rings. The van der Waals surface area contributed by atoms with E-state index in [1.54, 1.807) is 12.1 Å². The molecule has 0 aliphatic carbocycles. The van der Waals surface area contributed by atoms with Crippen LogP contribution >= 0.6 is 11.6 Å². The van der Waals surface area contributed by atoms with Gasteiger partial charge in [-0.2, -0.15) is 0 Å². The van der Waals surface area contributed by atoms with Crippen molar-refractivity contribution in [2.45, 2.75) is 26.7 Å². The molecule has 0 radical (unpaired) electrons. The summed E-state index contributed by atoms with van der Waals surface area (Å²) < 4.78 is 26.3. The van der Waals surface area contributed by atoms with E-state index in [4.69, 9.17) is 11.6 Å². The maximum Gasteiger partial charge on any atom is 0.232 e. The third kappa shape index (κ3) is 5.15. The Hall–Kier alpha value is -1.72. The second kappa shape index (κ2) is 7.70. The lowest BCUT2D eigenvalue weighted by Crippen LogP contribution is -2.16. The second-order valence-electron chi connectivity index (χ2n) is 5.39. The number of sulfonamides is 1. The summed E-state index contributed by atoms with van der Waals surface area (Å²) >= 11 is 6.10. The van der Waals surface area contributed by atoms with Crippen LogP contribution in [0, 0.1) is 6.92 Å². The zero-order valence-electron chi connectivity index (χ0n) is 13.3. The monoisotopic (exact) mass is 352 g/mol. The molecule has 2 aromatic rings. The molecule has 0 heterocycles. The van der Waals surface area contributed by atoms with Crippen LogP contribution in [0.4, 0.5) is 17.1 Å². The summed E-state index contributed by atoms with van der Waals surface area (Å²) in [4.78, 5) is 0. The minimum Gasteiger partial charge on any atom is -0.355 e. The Kier molecular flexibility index (Phi) is 5.91. The third-order valence-corrected chi connectivity index (χ3v) is 5.25. The molecule has 2 N–H and O–H groups in total. The van der Waals surface area contributed by atoms with Gasteiger partial charge in [0.05, 0.1) is 5.75 Å². The molecule has 4 nitrogen and oxygen atoms in total. The molecule has 23 heavy (non-hydrogen) atoms. The molecule has 0 amide bonds. The van der Waals surface area contributed by atoms with E-state index in [0.717, 1.165) is 23.4 Å². The lowest BCUT2D eigenvalue weighted by Gasteiger charge is -2.12. The first-order valence-corrected chi connectivity index (χ1v) is 9.57. The number of nitrogens with one attached hydrogen (secondary N) is 2. The number of unbranched alkanes of at least 4 members (excludes halogenated alkanes) is 1. The van der Waals surface area contributed by atoms with Gasteiger partial charge in [0, 0.05) is 22.1 Å². The van der Waals surface area contributed by atoms with Gasteiger partial charge in [0.2, 0.25) is 10.0 Å². The Morgan fingerprint density at radius 3 is 2.35 bits per heavy atom. The Morgan fingerprint density at radius 1 is 1.04 bits per heavy atom. The maximum atomic E-state index is 11.9. The molecule has 0 saturated heterocycles. The highest BCUT2D eigenvalue weighted by Gasteiger charge is 2.09. The van der Waals surface area contributed by atoms with Crippen molar-refractivity contribution in [3.8, 4) is 0 Å². The summed E-state index contributed by atoms with van der Waals surface area (Å²) in [7, 11) is -3.27. The van der Waals surface area contributed by atoms with Crippen LogP contribution < -0.4 is 10.0 Å². The van der Waals surface area contributed by atoms with Gasteiger partial charge in [-0.25, -0.2) is 8.42 Å². The van der Waals surface area contributed by atoms with Gasteiger partial charge in [-0.1, -0.05) is 31.0 Å². The topological polar surface area (TPSA) is 58.2 Å². The molecule has 0 saturated carbocycles. The number of halogens is 1. The summed E-state index contributed by atoms with van der Waals surface area (Å²) in [6, 6.07) is 12.8. The van der Waals surface area contributed by atoms with E-state index in [9.17, 15) is 8.42 Å². The van der Waals surface area contributed by atoms with Crippen molar-refractivity contribution in [1.82, 2.24) is 0 Å². The SMILES string of the molecule is CCCCS(=O)(=O)Nc1ccc(Nc2cccc(Cl)c2C)cc1. The number of benzene rings is 2. The van der Waals surface area contributed by atoms with E-state index >= 15 is 0 Å². The van der Waals surface area contributed by atoms with Gasteiger partial charge >= 0.3 is 0 Å². The number of hydrogen-bond donors (Lipinski definition) is 2. The smallest absolute Gasteiger partial charge is 0.232 e. The first-order valence-electron chi connectivity index (χ1n) is 7.54. The molecule has 2 rings (SSSR count). The van der Waals surface area contributed by atoms with E-state index in [0.29, 0.717) is 17.1 Å². The van der Waals surface area contributed by atoms with E-state index in [-0.39, 0.29) is 5.75 Å².